The molecule has 6 rings (SSSR count). The smallest absolute Gasteiger partial charge is 0.272 e. The second-order valence-corrected chi connectivity index (χ2v) is 10.2. The SMILES string of the molecule is Cc1cc2cnc(Nc3cnn(C4CC4(F)F)c3Cl)nc2cc1C1CCN([C@@H]2COC[C@@H]2O)CC1. The third-order valence-corrected chi connectivity index (χ3v) is 7.87. The van der Waals surface area contributed by atoms with Crippen LogP contribution in [0.5, 0.6) is 0 Å². The fourth-order valence-corrected chi connectivity index (χ4v) is 5.62. The average molecular weight is 505 g/mol. The molecule has 11 heteroatoms. The molecular formula is C24H27ClF2N6O2. The van der Waals surface area contributed by atoms with Gasteiger partial charge in [-0.25, -0.2) is 23.4 Å². The first-order valence-corrected chi connectivity index (χ1v) is 12.3. The van der Waals surface area contributed by atoms with E-state index in [9.17, 15) is 13.9 Å². The van der Waals surface area contributed by atoms with Crippen LogP contribution in [0.3, 0.4) is 0 Å². The van der Waals surface area contributed by atoms with Crippen LogP contribution < -0.4 is 5.32 Å². The Morgan fingerprint density at radius 2 is 1.97 bits per heavy atom. The molecule has 1 saturated carbocycles. The summed E-state index contributed by atoms with van der Waals surface area (Å²) < 4.78 is 33.4. The Bertz CT molecular complexity index is 1260. The van der Waals surface area contributed by atoms with Crippen LogP contribution in [0.25, 0.3) is 10.9 Å². The predicted molar refractivity (Wildman–Crippen MR) is 128 cm³/mol. The van der Waals surface area contributed by atoms with Crippen molar-refractivity contribution < 1.29 is 18.6 Å². The number of hydrogen-bond donors (Lipinski definition) is 2. The molecule has 2 N–H and O–H groups in total. The van der Waals surface area contributed by atoms with Gasteiger partial charge in [-0.05, 0) is 62.0 Å². The van der Waals surface area contributed by atoms with E-state index in [2.05, 4.69) is 44.3 Å². The molecule has 0 amide bonds. The monoisotopic (exact) mass is 504 g/mol. The molecule has 1 unspecified atom stereocenters. The third kappa shape index (κ3) is 4.26. The van der Waals surface area contributed by atoms with Crippen LogP contribution in [0, 0.1) is 6.92 Å². The van der Waals surface area contributed by atoms with Crippen molar-refractivity contribution in [1.29, 1.82) is 0 Å². The molecule has 1 aromatic carbocycles. The first kappa shape index (κ1) is 23.0. The third-order valence-electron chi connectivity index (χ3n) is 7.50. The Morgan fingerprint density at radius 1 is 1.20 bits per heavy atom. The highest BCUT2D eigenvalue weighted by molar-refractivity contribution is 6.32. The lowest BCUT2D eigenvalue weighted by Gasteiger charge is -2.37. The van der Waals surface area contributed by atoms with Crippen LogP contribution in [0.15, 0.2) is 24.5 Å². The van der Waals surface area contributed by atoms with Crippen molar-refractivity contribution in [1.82, 2.24) is 24.6 Å². The molecular weight excluding hydrogens is 478 g/mol. The Morgan fingerprint density at radius 3 is 2.66 bits per heavy atom. The van der Waals surface area contributed by atoms with Crippen molar-refractivity contribution in [2.45, 2.75) is 56.2 Å². The Hall–Kier alpha value is -2.40. The minimum atomic E-state index is -2.76. The summed E-state index contributed by atoms with van der Waals surface area (Å²) >= 11 is 6.29. The number of fused-ring (bicyclic) bond motifs is 1. The van der Waals surface area contributed by atoms with E-state index in [1.807, 2.05) is 0 Å². The quantitative estimate of drug-likeness (QED) is 0.542. The number of rotatable bonds is 5. The summed E-state index contributed by atoms with van der Waals surface area (Å²) in [6.45, 7) is 4.98. The molecule has 3 aliphatic rings. The predicted octanol–water partition coefficient (Wildman–Crippen LogP) is 4.05. The van der Waals surface area contributed by atoms with E-state index in [1.165, 1.54) is 17.3 Å². The van der Waals surface area contributed by atoms with Crippen molar-refractivity contribution in [3.63, 3.8) is 0 Å². The second-order valence-electron chi connectivity index (χ2n) is 9.84. The molecule has 2 saturated heterocycles. The van der Waals surface area contributed by atoms with Crippen molar-refractivity contribution >= 4 is 34.1 Å². The number of aromatic nitrogens is 4. The molecule has 0 bridgehead atoms. The highest BCUT2D eigenvalue weighted by atomic mass is 35.5. The first-order valence-electron chi connectivity index (χ1n) is 11.9. The molecule has 1 aliphatic carbocycles. The maximum Gasteiger partial charge on any atom is 0.272 e. The number of anilines is 2. The number of halogens is 3. The lowest BCUT2D eigenvalue weighted by atomic mass is 9.85. The summed E-state index contributed by atoms with van der Waals surface area (Å²) in [5.74, 6) is -2.02. The number of aliphatic hydroxyl groups is 1. The molecule has 8 nitrogen and oxygen atoms in total. The highest BCUT2D eigenvalue weighted by Gasteiger charge is 2.59. The number of aliphatic hydroxyl groups excluding tert-OH is 1. The lowest BCUT2D eigenvalue weighted by Crippen LogP contribution is -2.46. The van der Waals surface area contributed by atoms with Gasteiger partial charge in [-0.15, -0.1) is 0 Å². The number of benzene rings is 1. The van der Waals surface area contributed by atoms with Crippen molar-refractivity contribution in [2.75, 3.05) is 31.6 Å². The standard InChI is InChI=1S/C24H27ClF2N6O2/c1-13-6-15-9-28-23(31-18-10-29-33(22(18)25)21-8-24(21,26)27)30-17(15)7-16(13)14-2-4-32(5-3-14)19-11-35-12-20(19)34/h6-7,9-10,14,19-21,34H,2-5,8,11-12H2,1H3,(H,28,30,31)/t19-,20+,21?/m1/s1. The first-order chi connectivity index (χ1) is 16.8. The Kier molecular flexibility index (Phi) is 5.67. The van der Waals surface area contributed by atoms with E-state index in [0.717, 1.165) is 41.5 Å². The average Bonchev–Trinajstić information content (AvgIpc) is 3.11. The zero-order chi connectivity index (χ0) is 24.3. The highest BCUT2D eigenvalue weighted by Crippen LogP contribution is 2.53. The molecule has 3 atom stereocenters. The molecule has 186 valence electrons. The molecule has 35 heavy (non-hydrogen) atoms. The summed E-state index contributed by atoms with van der Waals surface area (Å²) in [7, 11) is 0. The van der Waals surface area contributed by atoms with E-state index in [4.69, 9.17) is 16.3 Å². The topological polar surface area (TPSA) is 88.3 Å². The summed E-state index contributed by atoms with van der Waals surface area (Å²) in [5.41, 5.74) is 3.68. The van der Waals surface area contributed by atoms with Crippen LogP contribution in [0.4, 0.5) is 20.4 Å². The molecule has 2 aromatic heterocycles. The van der Waals surface area contributed by atoms with Gasteiger partial charge in [0.15, 0.2) is 5.15 Å². The number of ether oxygens (including phenoxy) is 1. The second kappa shape index (κ2) is 8.62. The number of hydrogen-bond acceptors (Lipinski definition) is 7. The molecule has 0 radical (unpaired) electrons. The van der Waals surface area contributed by atoms with Gasteiger partial charge in [0.05, 0.1) is 42.8 Å². The summed E-state index contributed by atoms with van der Waals surface area (Å²) in [6, 6.07) is 3.33. The minimum absolute atomic E-state index is 0.0948. The molecule has 3 fully saturated rings. The van der Waals surface area contributed by atoms with Gasteiger partial charge in [0.25, 0.3) is 5.92 Å². The van der Waals surface area contributed by atoms with Gasteiger partial charge in [-0.2, -0.15) is 5.10 Å². The molecule has 2 aliphatic heterocycles. The molecule has 0 spiro atoms. The van der Waals surface area contributed by atoms with Gasteiger partial charge in [0.2, 0.25) is 5.95 Å². The summed E-state index contributed by atoms with van der Waals surface area (Å²) in [5, 5.41) is 18.2. The number of aryl methyl sites for hydroxylation is 1. The summed E-state index contributed by atoms with van der Waals surface area (Å²) in [4.78, 5) is 11.4. The van der Waals surface area contributed by atoms with Gasteiger partial charge in [-0.3, -0.25) is 4.90 Å². The molecule has 3 aromatic rings. The van der Waals surface area contributed by atoms with Gasteiger partial charge < -0.3 is 15.2 Å². The van der Waals surface area contributed by atoms with Crippen molar-refractivity contribution in [3.05, 3.63) is 40.8 Å². The number of nitrogens with one attached hydrogen (secondary N) is 1. The zero-order valence-electron chi connectivity index (χ0n) is 19.3. The van der Waals surface area contributed by atoms with E-state index < -0.39 is 18.1 Å². The lowest BCUT2D eigenvalue weighted by molar-refractivity contribution is 0.0663. The van der Waals surface area contributed by atoms with E-state index in [-0.39, 0.29) is 17.6 Å². The maximum absolute atomic E-state index is 13.4. The fraction of sp³-hybridized carbons (Fsp3) is 0.542. The number of likely N-dealkylation sites (tertiary alicyclic amines) is 1. The normalized spacial score (nSPS) is 26.9. The van der Waals surface area contributed by atoms with Crippen LogP contribution in [-0.2, 0) is 4.74 Å². The maximum atomic E-state index is 13.4. The number of alkyl halides is 2. The van der Waals surface area contributed by atoms with Crippen molar-refractivity contribution in [3.8, 4) is 0 Å². The van der Waals surface area contributed by atoms with Crippen LogP contribution in [0.1, 0.15) is 42.3 Å². The van der Waals surface area contributed by atoms with Gasteiger partial charge in [0, 0.05) is 18.0 Å². The van der Waals surface area contributed by atoms with Gasteiger partial charge >= 0.3 is 0 Å². The number of nitrogens with zero attached hydrogens (tertiary/aromatic N) is 5. The van der Waals surface area contributed by atoms with Gasteiger partial charge in [0.1, 0.15) is 6.04 Å². The van der Waals surface area contributed by atoms with Crippen LogP contribution >= 0.6 is 11.6 Å². The van der Waals surface area contributed by atoms with E-state index in [0.29, 0.717) is 30.8 Å². The minimum Gasteiger partial charge on any atom is -0.389 e. The fourth-order valence-electron chi connectivity index (χ4n) is 5.36. The number of piperidine rings is 1. The van der Waals surface area contributed by atoms with Crippen LogP contribution in [0.2, 0.25) is 5.15 Å². The van der Waals surface area contributed by atoms with Crippen LogP contribution in [-0.4, -0.2) is 74.1 Å². The van der Waals surface area contributed by atoms with Gasteiger partial charge in [-0.1, -0.05) is 11.6 Å². The van der Waals surface area contributed by atoms with Crippen molar-refractivity contribution in [2.24, 2.45) is 0 Å². The van der Waals surface area contributed by atoms with E-state index >= 15 is 0 Å². The summed E-state index contributed by atoms with van der Waals surface area (Å²) in [6.07, 6.45) is 4.52. The largest absolute Gasteiger partial charge is 0.389 e. The Labute approximate surface area is 206 Å². The molecule has 4 heterocycles. The Balaban J connectivity index is 1.19. The zero-order valence-corrected chi connectivity index (χ0v) is 20.0. The van der Waals surface area contributed by atoms with E-state index in [1.54, 1.807) is 6.20 Å².